The Morgan fingerprint density at radius 2 is 1.59 bits per heavy atom. The highest BCUT2D eigenvalue weighted by Gasteiger charge is 2.32. The average molecular weight is 523 g/mol. The highest BCUT2D eigenvalue weighted by atomic mass is 16.5. The predicted molar refractivity (Wildman–Crippen MR) is 154 cm³/mol. The van der Waals surface area contributed by atoms with Gasteiger partial charge in [0.05, 0.1) is 12.1 Å². The van der Waals surface area contributed by atoms with Crippen LogP contribution in [0.5, 0.6) is 0 Å². The monoisotopic (exact) mass is 522 g/mol. The van der Waals surface area contributed by atoms with Crippen molar-refractivity contribution < 1.29 is 14.3 Å². The summed E-state index contributed by atoms with van der Waals surface area (Å²) in [5, 5.41) is 3.93. The number of carbonyl (C=O) groups is 2. The van der Waals surface area contributed by atoms with Crippen LogP contribution in [0, 0.1) is 6.92 Å². The molecule has 1 atom stereocenters. The summed E-state index contributed by atoms with van der Waals surface area (Å²) in [4.78, 5) is 41.9. The number of benzene rings is 3. The van der Waals surface area contributed by atoms with Crippen LogP contribution < -0.4 is 10.9 Å². The molecule has 0 spiro atoms. The van der Waals surface area contributed by atoms with E-state index < -0.39 is 17.6 Å². The molecule has 6 nitrogen and oxygen atoms in total. The normalized spacial score (nSPS) is 14.6. The van der Waals surface area contributed by atoms with Gasteiger partial charge in [0.25, 0.3) is 5.56 Å². The first-order valence-electron chi connectivity index (χ1n) is 13.8. The van der Waals surface area contributed by atoms with Crippen molar-refractivity contribution >= 4 is 22.8 Å². The minimum atomic E-state index is -0.956. The van der Waals surface area contributed by atoms with E-state index in [9.17, 15) is 14.4 Å². The van der Waals surface area contributed by atoms with Crippen LogP contribution in [0.3, 0.4) is 0 Å². The van der Waals surface area contributed by atoms with E-state index in [1.807, 2.05) is 85.8 Å². The lowest BCUT2D eigenvalue weighted by molar-refractivity contribution is -0.124. The molecule has 1 unspecified atom stereocenters. The number of aromatic nitrogens is 1. The van der Waals surface area contributed by atoms with Crippen LogP contribution in [0.25, 0.3) is 22.0 Å². The lowest BCUT2D eigenvalue weighted by atomic mass is 9.93. The number of rotatable bonds is 7. The summed E-state index contributed by atoms with van der Waals surface area (Å²) in [6.07, 6.45) is 5.15. The second-order valence-corrected chi connectivity index (χ2v) is 10.2. The molecule has 1 heterocycles. The summed E-state index contributed by atoms with van der Waals surface area (Å²) < 4.78 is 6.89. The predicted octanol–water partition coefficient (Wildman–Crippen LogP) is 6.19. The first-order chi connectivity index (χ1) is 19.0. The number of hydrogen-bond donors (Lipinski definition) is 1. The Bertz CT molecular complexity index is 1530. The van der Waals surface area contributed by atoms with Crippen molar-refractivity contribution in [2.75, 3.05) is 6.61 Å². The number of carbonyl (C=O) groups excluding carboxylic acids is 2. The fourth-order valence-corrected chi connectivity index (χ4v) is 5.61. The summed E-state index contributed by atoms with van der Waals surface area (Å²) in [5.74, 6) is -0.948. The van der Waals surface area contributed by atoms with Crippen molar-refractivity contribution in [1.82, 2.24) is 9.88 Å². The van der Waals surface area contributed by atoms with Crippen molar-refractivity contribution in [3.8, 4) is 11.1 Å². The van der Waals surface area contributed by atoms with Gasteiger partial charge in [0.2, 0.25) is 5.91 Å². The maximum absolute atomic E-state index is 14.5. The van der Waals surface area contributed by atoms with E-state index in [4.69, 9.17) is 4.74 Å². The van der Waals surface area contributed by atoms with E-state index in [1.54, 1.807) is 6.92 Å². The number of hydrogen-bond acceptors (Lipinski definition) is 4. The number of nitrogens with zero attached hydrogens (tertiary/aromatic N) is 1. The van der Waals surface area contributed by atoms with Gasteiger partial charge in [0, 0.05) is 17.0 Å². The Labute approximate surface area is 228 Å². The fourth-order valence-electron chi connectivity index (χ4n) is 5.61. The number of nitrogens with one attached hydrogen (secondary N) is 1. The Morgan fingerprint density at radius 3 is 2.28 bits per heavy atom. The second kappa shape index (κ2) is 11.7. The van der Waals surface area contributed by atoms with Gasteiger partial charge in [-0.3, -0.25) is 14.2 Å². The van der Waals surface area contributed by atoms with E-state index in [1.165, 1.54) is 11.0 Å². The summed E-state index contributed by atoms with van der Waals surface area (Å²) in [5.41, 5.74) is 2.96. The fraction of sp³-hybridized carbons (Fsp3) is 0.303. The molecule has 3 aromatic carbocycles. The Morgan fingerprint density at radius 1 is 0.923 bits per heavy atom. The molecular weight excluding hydrogens is 488 g/mol. The molecule has 6 heteroatoms. The highest BCUT2D eigenvalue weighted by Crippen LogP contribution is 2.33. The third-order valence-electron chi connectivity index (χ3n) is 7.51. The van der Waals surface area contributed by atoms with Crippen molar-refractivity contribution in [1.29, 1.82) is 0 Å². The second-order valence-electron chi connectivity index (χ2n) is 10.2. The van der Waals surface area contributed by atoms with E-state index >= 15 is 0 Å². The molecule has 4 aromatic rings. The zero-order valence-corrected chi connectivity index (χ0v) is 22.5. The van der Waals surface area contributed by atoms with Crippen LogP contribution in [0.4, 0.5) is 0 Å². The van der Waals surface area contributed by atoms with Gasteiger partial charge in [0.15, 0.2) is 0 Å². The number of pyridine rings is 1. The lowest BCUT2D eigenvalue weighted by Crippen LogP contribution is -2.44. The number of fused-ring (bicyclic) bond motifs is 1. The van der Waals surface area contributed by atoms with Gasteiger partial charge in [-0.05, 0) is 43.9 Å². The van der Waals surface area contributed by atoms with Crippen LogP contribution in [-0.2, 0) is 9.53 Å². The molecule has 1 N–H and O–H groups in total. The first-order valence-corrected chi connectivity index (χ1v) is 13.8. The smallest absolute Gasteiger partial charge is 0.344 e. The van der Waals surface area contributed by atoms with Crippen LogP contribution in [0.15, 0.2) is 83.7 Å². The van der Waals surface area contributed by atoms with Gasteiger partial charge >= 0.3 is 5.97 Å². The van der Waals surface area contributed by atoms with Crippen molar-refractivity contribution in [3.05, 3.63) is 106 Å². The Kier molecular flexibility index (Phi) is 7.92. The molecule has 0 aliphatic heterocycles. The number of ether oxygens (including phenoxy) is 1. The molecule has 1 aliphatic carbocycles. The summed E-state index contributed by atoms with van der Waals surface area (Å²) in [6, 6.07) is 23.6. The summed E-state index contributed by atoms with van der Waals surface area (Å²) in [7, 11) is 0. The molecular formula is C33H34N2O4. The van der Waals surface area contributed by atoms with E-state index in [2.05, 4.69) is 5.32 Å². The molecule has 39 heavy (non-hydrogen) atoms. The van der Waals surface area contributed by atoms with Gasteiger partial charge in [-0.25, -0.2) is 4.79 Å². The van der Waals surface area contributed by atoms with Crippen LogP contribution >= 0.6 is 0 Å². The molecule has 5 rings (SSSR count). The standard InChI is InChI=1S/C33H34N2O4/c1-3-39-33(38)29-28(23-12-6-4-7-13-23)26-16-10-11-17-27(26)35(32(29)37)30(24-20-18-22(2)19-21-24)31(36)34-25-14-8-5-9-15-25/h4,6-7,10-13,16-21,25,30H,3,5,8-9,14-15H2,1-2H3,(H,34,36). The Hall–Kier alpha value is -4.19. The van der Waals surface area contributed by atoms with Crippen molar-refractivity contribution in [2.45, 2.75) is 58.0 Å². The van der Waals surface area contributed by atoms with Crippen molar-refractivity contribution in [2.24, 2.45) is 0 Å². The third-order valence-corrected chi connectivity index (χ3v) is 7.51. The third kappa shape index (κ3) is 5.37. The highest BCUT2D eigenvalue weighted by molar-refractivity contribution is 6.07. The lowest BCUT2D eigenvalue weighted by Gasteiger charge is -2.28. The number of amides is 1. The molecule has 1 aromatic heterocycles. The average Bonchev–Trinajstić information content (AvgIpc) is 2.96. The number of para-hydroxylation sites is 1. The molecule has 1 fully saturated rings. The minimum Gasteiger partial charge on any atom is -0.462 e. The molecule has 1 saturated carbocycles. The molecule has 1 aliphatic rings. The maximum atomic E-state index is 14.5. The number of esters is 1. The van der Waals surface area contributed by atoms with Gasteiger partial charge in [-0.1, -0.05) is 97.6 Å². The van der Waals surface area contributed by atoms with Crippen LogP contribution in [0.2, 0.25) is 0 Å². The van der Waals surface area contributed by atoms with Gasteiger partial charge in [0.1, 0.15) is 11.6 Å². The summed E-state index contributed by atoms with van der Waals surface area (Å²) in [6.45, 7) is 3.82. The van der Waals surface area contributed by atoms with Crippen molar-refractivity contribution in [3.63, 3.8) is 0 Å². The van der Waals surface area contributed by atoms with Gasteiger partial charge < -0.3 is 10.1 Å². The van der Waals surface area contributed by atoms with Crippen LogP contribution in [-0.4, -0.2) is 29.1 Å². The topological polar surface area (TPSA) is 77.4 Å². The van der Waals surface area contributed by atoms with Crippen LogP contribution in [0.1, 0.15) is 66.6 Å². The van der Waals surface area contributed by atoms with E-state index in [-0.39, 0.29) is 24.1 Å². The quantitative estimate of drug-likeness (QED) is 0.294. The molecule has 200 valence electrons. The maximum Gasteiger partial charge on any atom is 0.344 e. The first kappa shape index (κ1) is 26.4. The number of aryl methyl sites for hydroxylation is 1. The minimum absolute atomic E-state index is 0.0642. The van der Waals surface area contributed by atoms with Gasteiger partial charge in [-0.2, -0.15) is 0 Å². The Balaban J connectivity index is 1.80. The largest absolute Gasteiger partial charge is 0.462 e. The molecule has 0 bridgehead atoms. The van der Waals surface area contributed by atoms with E-state index in [0.29, 0.717) is 22.0 Å². The zero-order valence-electron chi connectivity index (χ0n) is 22.5. The molecule has 0 saturated heterocycles. The summed E-state index contributed by atoms with van der Waals surface area (Å²) >= 11 is 0. The van der Waals surface area contributed by atoms with Gasteiger partial charge in [-0.15, -0.1) is 0 Å². The zero-order chi connectivity index (χ0) is 27.4. The SMILES string of the molecule is CCOC(=O)c1c(-c2ccccc2)c2ccccc2n(C(C(=O)NC2CCCCC2)c2ccc(C)cc2)c1=O. The molecule has 0 radical (unpaired) electrons. The molecule has 1 amide bonds. The van der Waals surface area contributed by atoms with E-state index in [0.717, 1.165) is 36.8 Å².